The molecule has 0 aromatic heterocycles. The molecule has 0 aliphatic heterocycles. The van der Waals surface area contributed by atoms with Crippen molar-refractivity contribution in [2.24, 2.45) is 0 Å². The molecule has 2 N–H and O–H groups in total. The van der Waals surface area contributed by atoms with E-state index in [2.05, 4.69) is 5.32 Å². The maximum Gasteiger partial charge on any atom is 0.303 e. The lowest BCUT2D eigenvalue weighted by Gasteiger charge is -2.15. The van der Waals surface area contributed by atoms with Gasteiger partial charge in [-0.3, -0.25) is 9.59 Å². The highest BCUT2D eigenvalue weighted by Gasteiger charge is 2.17. The van der Waals surface area contributed by atoms with Crippen molar-refractivity contribution in [2.75, 3.05) is 5.32 Å². The SMILES string of the molecule is O=C(O)CCCCC(=O)Nc1ccc(OC2CCCC2)c(Cl)c1. The summed E-state index contributed by atoms with van der Waals surface area (Å²) in [6.07, 6.45) is 6.18. The Hall–Kier alpha value is -1.75. The summed E-state index contributed by atoms with van der Waals surface area (Å²) in [5, 5.41) is 11.8. The predicted molar refractivity (Wildman–Crippen MR) is 89.1 cm³/mol. The Balaban J connectivity index is 1.79. The summed E-state index contributed by atoms with van der Waals surface area (Å²) in [6, 6.07) is 5.23. The number of rotatable bonds is 8. The van der Waals surface area contributed by atoms with Crippen molar-refractivity contribution in [1.29, 1.82) is 0 Å². The second kappa shape index (κ2) is 8.77. The van der Waals surface area contributed by atoms with Crippen LogP contribution in [0.4, 0.5) is 5.69 Å². The van der Waals surface area contributed by atoms with Gasteiger partial charge in [0, 0.05) is 18.5 Å². The summed E-state index contributed by atoms with van der Waals surface area (Å²) in [5.41, 5.74) is 0.622. The van der Waals surface area contributed by atoms with Gasteiger partial charge in [-0.25, -0.2) is 0 Å². The highest BCUT2D eigenvalue weighted by Crippen LogP contribution is 2.31. The van der Waals surface area contributed by atoms with Crippen molar-refractivity contribution in [3.63, 3.8) is 0 Å². The second-order valence-corrected chi connectivity index (χ2v) is 6.23. The van der Waals surface area contributed by atoms with Crippen molar-refractivity contribution in [3.05, 3.63) is 23.2 Å². The lowest BCUT2D eigenvalue weighted by atomic mass is 10.2. The van der Waals surface area contributed by atoms with E-state index in [9.17, 15) is 9.59 Å². The lowest BCUT2D eigenvalue weighted by molar-refractivity contribution is -0.137. The van der Waals surface area contributed by atoms with E-state index >= 15 is 0 Å². The topological polar surface area (TPSA) is 75.6 Å². The van der Waals surface area contributed by atoms with Crippen LogP contribution in [0.15, 0.2) is 18.2 Å². The molecular formula is C17H22ClNO4. The molecule has 0 bridgehead atoms. The Morgan fingerprint density at radius 1 is 1.22 bits per heavy atom. The monoisotopic (exact) mass is 339 g/mol. The zero-order valence-corrected chi connectivity index (χ0v) is 13.8. The van der Waals surface area contributed by atoms with Gasteiger partial charge in [-0.05, 0) is 56.7 Å². The quantitative estimate of drug-likeness (QED) is 0.694. The molecule has 1 aromatic carbocycles. The molecule has 1 saturated carbocycles. The number of carbonyl (C=O) groups excluding carboxylic acids is 1. The Bertz CT molecular complexity index is 556. The number of hydrogen-bond acceptors (Lipinski definition) is 3. The van der Waals surface area contributed by atoms with Crippen LogP contribution in [0.25, 0.3) is 0 Å². The molecule has 1 aromatic rings. The highest BCUT2D eigenvalue weighted by atomic mass is 35.5. The number of aliphatic carboxylic acids is 1. The van der Waals surface area contributed by atoms with Crippen LogP contribution in [0, 0.1) is 0 Å². The maximum atomic E-state index is 11.8. The molecule has 126 valence electrons. The first-order valence-electron chi connectivity index (χ1n) is 8.02. The number of carboxylic acid groups (broad SMARTS) is 1. The zero-order valence-electron chi connectivity index (χ0n) is 13.0. The number of nitrogens with one attached hydrogen (secondary N) is 1. The number of halogens is 1. The molecule has 0 radical (unpaired) electrons. The third kappa shape index (κ3) is 6.10. The van der Waals surface area contributed by atoms with Crippen LogP contribution in [0.1, 0.15) is 51.4 Å². The molecule has 6 heteroatoms. The molecule has 1 amide bonds. The normalized spacial score (nSPS) is 14.7. The Morgan fingerprint density at radius 2 is 1.91 bits per heavy atom. The second-order valence-electron chi connectivity index (χ2n) is 5.82. The fraction of sp³-hybridized carbons (Fsp3) is 0.529. The molecule has 0 atom stereocenters. The minimum absolute atomic E-state index is 0.0896. The van der Waals surface area contributed by atoms with Gasteiger partial charge in [0.1, 0.15) is 5.75 Å². The average Bonchev–Trinajstić information content (AvgIpc) is 2.99. The predicted octanol–water partition coefficient (Wildman–Crippen LogP) is 4.24. The maximum absolute atomic E-state index is 11.8. The van der Waals surface area contributed by atoms with Crippen LogP contribution >= 0.6 is 11.6 Å². The summed E-state index contributed by atoms with van der Waals surface area (Å²) in [5.74, 6) is -0.330. The number of carboxylic acids is 1. The summed E-state index contributed by atoms with van der Waals surface area (Å²) in [4.78, 5) is 22.2. The van der Waals surface area contributed by atoms with Gasteiger partial charge in [0.25, 0.3) is 0 Å². The van der Waals surface area contributed by atoms with E-state index < -0.39 is 5.97 Å². The third-order valence-electron chi connectivity index (χ3n) is 3.86. The fourth-order valence-electron chi connectivity index (χ4n) is 2.65. The Morgan fingerprint density at radius 3 is 2.57 bits per heavy atom. The number of ether oxygens (including phenoxy) is 1. The van der Waals surface area contributed by atoms with Gasteiger partial charge in [-0.15, -0.1) is 0 Å². The molecule has 0 unspecified atom stereocenters. The molecule has 1 fully saturated rings. The Labute approximate surface area is 141 Å². The van der Waals surface area contributed by atoms with E-state index in [0.29, 0.717) is 35.7 Å². The van der Waals surface area contributed by atoms with Gasteiger partial charge >= 0.3 is 5.97 Å². The average molecular weight is 340 g/mol. The lowest BCUT2D eigenvalue weighted by Crippen LogP contribution is -2.13. The number of carbonyl (C=O) groups is 2. The molecule has 0 saturated heterocycles. The summed E-state index contributed by atoms with van der Waals surface area (Å²) in [6.45, 7) is 0. The van der Waals surface area contributed by atoms with Crippen LogP contribution in [-0.4, -0.2) is 23.1 Å². The minimum Gasteiger partial charge on any atom is -0.489 e. The molecule has 0 spiro atoms. The largest absolute Gasteiger partial charge is 0.489 e. The van der Waals surface area contributed by atoms with E-state index in [4.69, 9.17) is 21.4 Å². The summed E-state index contributed by atoms with van der Waals surface area (Å²) in [7, 11) is 0. The minimum atomic E-state index is -0.838. The van der Waals surface area contributed by atoms with E-state index in [1.807, 2.05) is 0 Å². The van der Waals surface area contributed by atoms with Gasteiger partial charge in [0.05, 0.1) is 11.1 Å². The first-order chi connectivity index (χ1) is 11.0. The van der Waals surface area contributed by atoms with Crippen molar-refractivity contribution in [3.8, 4) is 5.75 Å². The van der Waals surface area contributed by atoms with Crippen molar-refractivity contribution in [2.45, 2.75) is 57.5 Å². The van der Waals surface area contributed by atoms with E-state index in [1.54, 1.807) is 18.2 Å². The van der Waals surface area contributed by atoms with Crippen LogP contribution in [-0.2, 0) is 9.59 Å². The number of unbranched alkanes of at least 4 members (excludes halogenated alkanes) is 1. The molecule has 1 aliphatic carbocycles. The molecule has 0 heterocycles. The van der Waals surface area contributed by atoms with Crippen LogP contribution in [0.3, 0.4) is 0 Å². The third-order valence-corrected chi connectivity index (χ3v) is 4.15. The van der Waals surface area contributed by atoms with Crippen molar-refractivity contribution >= 4 is 29.2 Å². The van der Waals surface area contributed by atoms with Crippen molar-refractivity contribution < 1.29 is 19.4 Å². The Kier molecular flexibility index (Phi) is 6.71. The first kappa shape index (κ1) is 17.6. The van der Waals surface area contributed by atoms with Gasteiger partial charge in [-0.2, -0.15) is 0 Å². The molecular weight excluding hydrogens is 318 g/mol. The van der Waals surface area contributed by atoms with Gasteiger partial charge in [-0.1, -0.05) is 11.6 Å². The van der Waals surface area contributed by atoms with Crippen molar-refractivity contribution in [1.82, 2.24) is 0 Å². The summed E-state index contributed by atoms with van der Waals surface area (Å²) >= 11 is 6.21. The van der Waals surface area contributed by atoms with Gasteiger partial charge < -0.3 is 15.2 Å². The van der Waals surface area contributed by atoms with Gasteiger partial charge in [0.15, 0.2) is 0 Å². The smallest absolute Gasteiger partial charge is 0.303 e. The molecule has 23 heavy (non-hydrogen) atoms. The standard InChI is InChI=1S/C17H22ClNO4/c18-14-11-12(19-16(20)7-3-4-8-17(21)22)9-10-15(14)23-13-5-1-2-6-13/h9-11,13H,1-8H2,(H,19,20)(H,21,22). The molecule has 1 aliphatic rings. The van der Waals surface area contributed by atoms with E-state index in [-0.39, 0.29) is 18.4 Å². The van der Waals surface area contributed by atoms with E-state index in [1.165, 1.54) is 12.8 Å². The van der Waals surface area contributed by atoms with Crippen LogP contribution in [0.5, 0.6) is 5.75 Å². The number of amides is 1. The van der Waals surface area contributed by atoms with Crippen LogP contribution < -0.4 is 10.1 Å². The number of anilines is 1. The zero-order chi connectivity index (χ0) is 16.7. The van der Waals surface area contributed by atoms with Crippen LogP contribution in [0.2, 0.25) is 5.02 Å². The van der Waals surface area contributed by atoms with Gasteiger partial charge in [0.2, 0.25) is 5.91 Å². The molecule has 5 nitrogen and oxygen atoms in total. The summed E-state index contributed by atoms with van der Waals surface area (Å²) < 4.78 is 5.87. The first-order valence-corrected chi connectivity index (χ1v) is 8.40. The number of hydrogen-bond donors (Lipinski definition) is 2. The number of benzene rings is 1. The molecule has 2 rings (SSSR count). The van der Waals surface area contributed by atoms with E-state index in [0.717, 1.165) is 12.8 Å². The highest BCUT2D eigenvalue weighted by molar-refractivity contribution is 6.32. The fourth-order valence-corrected chi connectivity index (χ4v) is 2.87.